The summed E-state index contributed by atoms with van der Waals surface area (Å²) in [6, 6.07) is 9.10. The molecule has 1 heterocycles. The Morgan fingerprint density at radius 1 is 1.17 bits per heavy atom. The second kappa shape index (κ2) is 5.63. The molecule has 92 valence electrons. The molecule has 3 nitrogen and oxygen atoms in total. The van der Waals surface area contributed by atoms with Gasteiger partial charge in [-0.05, 0) is 42.8 Å². The predicted octanol–water partition coefficient (Wildman–Crippen LogP) is 4.17. The lowest BCUT2D eigenvalue weighted by molar-refractivity contribution is 0.102. The van der Waals surface area contributed by atoms with Crippen molar-refractivity contribution in [3.05, 3.63) is 56.6 Å². The van der Waals surface area contributed by atoms with Gasteiger partial charge in [0.05, 0.1) is 0 Å². The summed E-state index contributed by atoms with van der Waals surface area (Å²) < 4.78 is 1.69. The minimum atomic E-state index is -0.185. The summed E-state index contributed by atoms with van der Waals surface area (Å²) in [5.74, 6) is 0.367. The van der Waals surface area contributed by atoms with E-state index in [0.29, 0.717) is 11.4 Å². The van der Waals surface area contributed by atoms with E-state index in [0.717, 1.165) is 14.5 Å². The Hall–Kier alpha value is -1.20. The number of benzene rings is 1. The fourth-order valence-electron chi connectivity index (χ4n) is 1.48. The van der Waals surface area contributed by atoms with Crippen LogP contribution >= 0.6 is 31.9 Å². The lowest BCUT2D eigenvalue weighted by Crippen LogP contribution is -2.13. The van der Waals surface area contributed by atoms with Crippen LogP contribution in [0.4, 0.5) is 5.82 Å². The third-order valence-electron chi connectivity index (χ3n) is 2.28. The van der Waals surface area contributed by atoms with Gasteiger partial charge < -0.3 is 5.32 Å². The van der Waals surface area contributed by atoms with Gasteiger partial charge in [-0.1, -0.05) is 31.9 Å². The third-order valence-corrected chi connectivity index (χ3v) is 3.20. The van der Waals surface area contributed by atoms with Crippen LogP contribution in [0.15, 0.2) is 45.5 Å². The fraction of sp³-hybridized carbons (Fsp3) is 0.0769. The van der Waals surface area contributed by atoms with E-state index in [9.17, 15) is 4.79 Å². The number of hydrogen-bond acceptors (Lipinski definition) is 2. The van der Waals surface area contributed by atoms with Gasteiger partial charge in [0.25, 0.3) is 5.91 Å². The molecule has 0 saturated heterocycles. The Kier molecular flexibility index (Phi) is 4.14. The van der Waals surface area contributed by atoms with Crippen molar-refractivity contribution in [3.63, 3.8) is 0 Å². The average Bonchev–Trinajstić information content (AvgIpc) is 2.27. The minimum Gasteiger partial charge on any atom is -0.307 e. The van der Waals surface area contributed by atoms with Crippen molar-refractivity contribution in [3.8, 4) is 0 Å². The molecule has 0 atom stereocenters. The molecular formula is C13H10Br2N2O. The van der Waals surface area contributed by atoms with Crippen molar-refractivity contribution in [1.29, 1.82) is 0 Å². The van der Waals surface area contributed by atoms with Gasteiger partial charge in [-0.15, -0.1) is 0 Å². The van der Waals surface area contributed by atoms with Crippen LogP contribution in [0.3, 0.4) is 0 Å². The second-order valence-corrected chi connectivity index (χ2v) is 5.66. The van der Waals surface area contributed by atoms with Crippen molar-refractivity contribution >= 4 is 43.6 Å². The number of carbonyl (C=O) groups excluding carboxylic acids is 1. The van der Waals surface area contributed by atoms with Crippen LogP contribution in [0.2, 0.25) is 0 Å². The number of anilines is 1. The molecule has 5 heteroatoms. The van der Waals surface area contributed by atoms with Crippen LogP contribution < -0.4 is 5.32 Å². The number of nitrogens with zero attached hydrogens (tertiary/aromatic N) is 1. The third kappa shape index (κ3) is 3.40. The first-order chi connectivity index (χ1) is 8.54. The summed E-state index contributed by atoms with van der Waals surface area (Å²) in [4.78, 5) is 16.1. The van der Waals surface area contributed by atoms with Crippen molar-refractivity contribution in [2.75, 3.05) is 5.32 Å². The lowest BCUT2D eigenvalue weighted by atomic mass is 10.2. The number of halogens is 2. The molecule has 0 spiro atoms. The molecule has 0 bridgehead atoms. The van der Waals surface area contributed by atoms with Gasteiger partial charge in [-0.25, -0.2) is 4.98 Å². The SMILES string of the molecule is Cc1ccnc(NC(=O)c2cc(Br)cc(Br)c2)c1. The molecule has 0 aliphatic rings. The zero-order chi connectivity index (χ0) is 13.1. The van der Waals surface area contributed by atoms with Crippen LogP contribution in [0, 0.1) is 6.92 Å². The maximum absolute atomic E-state index is 12.0. The molecule has 2 rings (SSSR count). The topological polar surface area (TPSA) is 42.0 Å². The lowest BCUT2D eigenvalue weighted by Gasteiger charge is -2.06. The summed E-state index contributed by atoms with van der Waals surface area (Å²) in [7, 11) is 0. The minimum absolute atomic E-state index is 0.185. The van der Waals surface area contributed by atoms with E-state index < -0.39 is 0 Å². The van der Waals surface area contributed by atoms with Gasteiger partial charge in [0.15, 0.2) is 0 Å². The van der Waals surface area contributed by atoms with Crippen LogP contribution in [0.5, 0.6) is 0 Å². The number of hydrogen-bond donors (Lipinski definition) is 1. The normalized spacial score (nSPS) is 10.2. The van der Waals surface area contributed by atoms with Gasteiger partial charge in [-0.2, -0.15) is 0 Å². The molecule has 1 N–H and O–H groups in total. The smallest absolute Gasteiger partial charge is 0.256 e. The molecule has 1 amide bonds. The number of aromatic nitrogens is 1. The molecule has 2 aromatic rings. The summed E-state index contributed by atoms with van der Waals surface area (Å²) in [5.41, 5.74) is 1.62. The predicted molar refractivity (Wildman–Crippen MR) is 78.8 cm³/mol. The van der Waals surface area contributed by atoms with E-state index in [1.165, 1.54) is 0 Å². The second-order valence-electron chi connectivity index (χ2n) is 3.83. The Bertz CT molecular complexity index is 579. The van der Waals surface area contributed by atoms with Gasteiger partial charge in [0.1, 0.15) is 5.82 Å². The summed E-state index contributed by atoms with van der Waals surface area (Å²) in [6.07, 6.45) is 1.67. The fourth-order valence-corrected chi connectivity index (χ4v) is 2.77. The average molecular weight is 370 g/mol. The molecule has 1 aromatic heterocycles. The van der Waals surface area contributed by atoms with Crippen molar-refractivity contribution in [1.82, 2.24) is 4.98 Å². The molecule has 1 aromatic carbocycles. The highest BCUT2D eigenvalue weighted by molar-refractivity contribution is 9.11. The Balaban J connectivity index is 2.22. The van der Waals surface area contributed by atoms with Crippen LogP contribution in [0.1, 0.15) is 15.9 Å². The maximum Gasteiger partial charge on any atom is 0.256 e. The van der Waals surface area contributed by atoms with E-state index >= 15 is 0 Å². The summed E-state index contributed by atoms with van der Waals surface area (Å²) >= 11 is 6.71. The monoisotopic (exact) mass is 368 g/mol. The first-order valence-corrected chi connectivity index (χ1v) is 6.83. The molecule has 0 fully saturated rings. The van der Waals surface area contributed by atoms with Crippen LogP contribution in [-0.2, 0) is 0 Å². The zero-order valence-electron chi connectivity index (χ0n) is 9.58. The molecule has 0 radical (unpaired) electrons. The van der Waals surface area contributed by atoms with E-state index in [1.807, 2.05) is 25.1 Å². The Labute approximate surface area is 122 Å². The van der Waals surface area contributed by atoms with Gasteiger partial charge in [0.2, 0.25) is 0 Å². The molecule has 0 aliphatic heterocycles. The van der Waals surface area contributed by atoms with Crippen LogP contribution in [0.25, 0.3) is 0 Å². The highest BCUT2D eigenvalue weighted by atomic mass is 79.9. The van der Waals surface area contributed by atoms with Crippen molar-refractivity contribution in [2.24, 2.45) is 0 Å². The first kappa shape index (κ1) is 13.2. The van der Waals surface area contributed by atoms with Gasteiger partial charge in [-0.3, -0.25) is 4.79 Å². The van der Waals surface area contributed by atoms with Crippen LogP contribution in [-0.4, -0.2) is 10.9 Å². The van der Waals surface area contributed by atoms with E-state index in [2.05, 4.69) is 42.2 Å². The number of rotatable bonds is 2. The molecule has 0 unspecified atom stereocenters. The van der Waals surface area contributed by atoms with Gasteiger partial charge >= 0.3 is 0 Å². The highest BCUT2D eigenvalue weighted by Crippen LogP contribution is 2.20. The summed E-state index contributed by atoms with van der Waals surface area (Å²) in [6.45, 7) is 1.95. The van der Waals surface area contributed by atoms with E-state index in [4.69, 9.17) is 0 Å². The quantitative estimate of drug-likeness (QED) is 0.863. The largest absolute Gasteiger partial charge is 0.307 e. The zero-order valence-corrected chi connectivity index (χ0v) is 12.7. The first-order valence-electron chi connectivity index (χ1n) is 5.25. The number of pyridine rings is 1. The number of carbonyl (C=O) groups is 1. The number of nitrogens with one attached hydrogen (secondary N) is 1. The Morgan fingerprint density at radius 2 is 1.83 bits per heavy atom. The number of amides is 1. The van der Waals surface area contributed by atoms with Crippen molar-refractivity contribution in [2.45, 2.75) is 6.92 Å². The molecule has 0 aliphatic carbocycles. The maximum atomic E-state index is 12.0. The van der Waals surface area contributed by atoms with Crippen molar-refractivity contribution < 1.29 is 4.79 Å². The van der Waals surface area contributed by atoms with E-state index in [1.54, 1.807) is 18.3 Å². The highest BCUT2D eigenvalue weighted by Gasteiger charge is 2.08. The van der Waals surface area contributed by atoms with E-state index in [-0.39, 0.29) is 5.91 Å². The molecule has 18 heavy (non-hydrogen) atoms. The molecule has 0 saturated carbocycles. The summed E-state index contributed by atoms with van der Waals surface area (Å²) in [5, 5.41) is 2.76. The Morgan fingerprint density at radius 3 is 2.44 bits per heavy atom. The standard InChI is InChI=1S/C13H10Br2N2O/c1-8-2-3-16-12(4-8)17-13(18)9-5-10(14)7-11(15)6-9/h2-7H,1H3,(H,16,17,18). The number of aryl methyl sites for hydroxylation is 1. The molecular weight excluding hydrogens is 360 g/mol. The van der Waals surface area contributed by atoms with Gasteiger partial charge in [0, 0.05) is 20.7 Å².